The summed E-state index contributed by atoms with van der Waals surface area (Å²) in [6.07, 6.45) is 11.7. The molecule has 2 rings (SSSR count). The van der Waals surface area contributed by atoms with Gasteiger partial charge in [0.25, 0.3) is 0 Å². The van der Waals surface area contributed by atoms with Crippen LogP contribution in [0, 0.1) is 0 Å². The third-order valence-corrected chi connectivity index (χ3v) is 4.40. The Bertz CT molecular complexity index is 277. The van der Waals surface area contributed by atoms with Crippen molar-refractivity contribution in [1.29, 1.82) is 0 Å². The molecule has 4 nitrogen and oxygen atoms in total. The van der Waals surface area contributed by atoms with Crippen LogP contribution in [0.25, 0.3) is 0 Å². The third-order valence-electron chi connectivity index (χ3n) is 4.40. The normalized spacial score (nSPS) is 29.7. The Hall–Kier alpha value is -0.610. The first kappa shape index (κ1) is 14.8. The summed E-state index contributed by atoms with van der Waals surface area (Å²) in [7, 11) is 0. The van der Waals surface area contributed by atoms with E-state index in [4.69, 9.17) is 10.5 Å². The van der Waals surface area contributed by atoms with Gasteiger partial charge < -0.3 is 15.8 Å². The van der Waals surface area contributed by atoms with E-state index in [1.807, 2.05) is 0 Å². The van der Waals surface area contributed by atoms with Crippen molar-refractivity contribution < 1.29 is 9.53 Å². The molecule has 2 unspecified atom stereocenters. The van der Waals surface area contributed by atoms with E-state index in [1.165, 1.54) is 38.5 Å². The van der Waals surface area contributed by atoms with Crippen LogP contribution in [0.1, 0.15) is 64.2 Å². The van der Waals surface area contributed by atoms with Gasteiger partial charge in [-0.3, -0.25) is 4.79 Å². The first-order valence-corrected chi connectivity index (χ1v) is 7.92. The molecule has 1 amide bonds. The van der Waals surface area contributed by atoms with Crippen LogP contribution in [-0.4, -0.2) is 30.7 Å². The summed E-state index contributed by atoms with van der Waals surface area (Å²) in [4.78, 5) is 11.9. The molecule has 2 aliphatic rings. The molecule has 19 heavy (non-hydrogen) atoms. The smallest absolute Gasteiger partial charge is 0.246 e. The molecule has 2 aliphatic carbocycles. The summed E-state index contributed by atoms with van der Waals surface area (Å²) in [5.41, 5.74) is 6.09. The van der Waals surface area contributed by atoms with Crippen LogP contribution < -0.4 is 11.1 Å². The van der Waals surface area contributed by atoms with E-state index in [0.717, 1.165) is 25.7 Å². The highest BCUT2D eigenvalue weighted by Crippen LogP contribution is 2.20. The van der Waals surface area contributed by atoms with Crippen molar-refractivity contribution in [3.05, 3.63) is 0 Å². The largest absolute Gasteiger partial charge is 0.367 e. The van der Waals surface area contributed by atoms with E-state index in [-0.39, 0.29) is 24.7 Å². The maximum atomic E-state index is 11.9. The topological polar surface area (TPSA) is 64.3 Å². The molecule has 0 aromatic rings. The predicted octanol–water partition coefficient (Wildman–Crippen LogP) is 2.11. The Labute approximate surface area is 116 Å². The molecule has 2 saturated carbocycles. The minimum atomic E-state index is 0.0309. The number of amides is 1. The van der Waals surface area contributed by atoms with Crippen LogP contribution in [0.2, 0.25) is 0 Å². The van der Waals surface area contributed by atoms with E-state index in [2.05, 4.69) is 5.32 Å². The van der Waals surface area contributed by atoms with Crippen LogP contribution >= 0.6 is 0 Å². The highest BCUT2D eigenvalue weighted by atomic mass is 16.5. The fourth-order valence-electron chi connectivity index (χ4n) is 3.21. The molecule has 2 atom stereocenters. The molecule has 3 N–H and O–H groups in total. The number of hydrogen-bond donors (Lipinski definition) is 2. The van der Waals surface area contributed by atoms with Crippen molar-refractivity contribution in [1.82, 2.24) is 5.32 Å². The lowest BCUT2D eigenvalue weighted by Gasteiger charge is -2.24. The minimum absolute atomic E-state index is 0.0309. The monoisotopic (exact) mass is 268 g/mol. The average Bonchev–Trinajstić information content (AvgIpc) is 2.62. The molecule has 4 heteroatoms. The summed E-state index contributed by atoms with van der Waals surface area (Å²) in [5, 5.41) is 3.08. The van der Waals surface area contributed by atoms with Crippen molar-refractivity contribution >= 4 is 5.91 Å². The summed E-state index contributed by atoms with van der Waals surface area (Å²) in [6, 6.07) is 0.470. The van der Waals surface area contributed by atoms with E-state index < -0.39 is 0 Å². The summed E-state index contributed by atoms with van der Waals surface area (Å²) in [6.45, 7) is 0.175. The van der Waals surface area contributed by atoms with Crippen molar-refractivity contribution in [2.45, 2.75) is 82.4 Å². The van der Waals surface area contributed by atoms with Gasteiger partial charge in [-0.2, -0.15) is 0 Å². The molecule has 0 saturated heterocycles. The molecule has 0 aromatic heterocycles. The number of nitrogens with one attached hydrogen (secondary N) is 1. The van der Waals surface area contributed by atoms with Crippen molar-refractivity contribution in [2.75, 3.05) is 6.61 Å². The van der Waals surface area contributed by atoms with Gasteiger partial charge in [0.1, 0.15) is 6.61 Å². The summed E-state index contributed by atoms with van der Waals surface area (Å²) >= 11 is 0. The van der Waals surface area contributed by atoms with Crippen LogP contribution in [0.5, 0.6) is 0 Å². The van der Waals surface area contributed by atoms with Gasteiger partial charge in [-0.1, -0.05) is 38.5 Å². The molecule has 110 valence electrons. The number of hydrogen-bond acceptors (Lipinski definition) is 3. The van der Waals surface area contributed by atoms with Gasteiger partial charge in [-0.15, -0.1) is 0 Å². The fraction of sp³-hybridized carbons (Fsp3) is 0.933. The van der Waals surface area contributed by atoms with Gasteiger partial charge in [0.05, 0.1) is 6.10 Å². The van der Waals surface area contributed by atoms with Gasteiger partial charge in [0.15, 0.2) is 0 Å². The molecule has 0 spiro atoms. The highest BCUT2D eigenvalue weighted by Gasteiger charge is 2.22. The van der Waals surface area contributed by atoms with Gasteiger partial charge >= 0.3 is 0 Å². The van der Waals surface area contributed by atoms with E-state index in [9.17, 15) is 4.79 Å². The molecule has 0 aromatic carbocycles. The number of nitrogens with two attached hydrogens (primary N) is 1. The van der Waals surface area contributed by atoms with Crippen LogP contribution in [0.4, 0.5) is 0 Å². The Morgan fingerprint density at radius 2 is 1.63 bits per heavy atom. The number of ether oxygens (including phenoxy) is 1. The Kier molecular flexibility index (Phi) is 6.11. The van der Waals surface area contributed by atoms with Crippen molar-refractivity contribution in [3.8, 4) is 0 Å². The Morgan fingerprint density at radius 3 is 2.37 bits per heavy atom. The van der Waals surface area contributed by atoms with E-state index in [0.29, 0.717) is 6.04 Å². The first-order chi connectivity index (χ1) is 9.25. The van der Waals surface area contributed by atoms with Crippen molar-refractivity contribution in [2.24, 2.45) is 5.73 Å². The minimum Gasteiger partial charge on any atom is -0.367 e. The fourth-order valence-corrected chi connectivity index (χ4v) is 3.21. The van der Waals surface area contributed by atoms with E-state index >= 15 is 0 Å². The second kappa shape index (κ2) is 7.85. The molecular weight excluding hydrogens is 240 g/mol. The molecule has 0 radical (unpaired) electrons. The van der Waals surface area contributed by atoms with Crippen LogP contribution in [0.15, 0.2) is 0 Å². The number of rotatable bonds is 4. The number of carbonyl (C=O) groups excluding carboxylic acids is 1. The Morgan fingerprint density at radius 1 is 1.00 bits per heavy atom. The van der Waals surface area contributed by atoms with Gasteiger partial charge in [0, 0.05) is 12.1 Å². The van der Waals surface area contributed by atoms with Gasteiger partial charge in [-0.05, 0) is 25.7 Å². The first-order valence-electron chi connectivity index (χ1n) is 7.92. The average molecular weight is 268 g/mol. The zero-order chi connectivity index (χ0) is 13.5. The van der Waals surface area contributed by atoms with E-state index in [1.54, 1.807) is 0 Å². The SMILES string of the molecule is NC1CCCCCC1OCC(=O)NC1CCCCC1. The van der Waals surface area contributed by atoms with Gasteiger partial charge in [0.2, 0.25) is 5.91 Å². The Balaban J connectivity index is 1.67. The standard InChI is InChI=1S/C15H28N2O2/c16-13-9-5-2-6-10-14(13)19-11-15(18)17-12-7-3-1-4-8-12/h12-14H,1-11,16H2,(H,17,18). The predicted molar refractivity (Wildman–Crippen MR) is 75.8 cm³/mol. The third kappa shape index (κ3) is 5.11. The lowest BCUT2D eigenvalue weighted by molar-refractivity contribution is -0.129. The van der Waals surface area contributed by atoms with Crippen LogP contribution in [-0.2, 0) is 9.53 Å². The van der Waals surface area contributed by atoms with Gasteiger partial charge in [-0.25, -0.2) is 0 Å². The zero-order valence-corrected chi connectivity index (χ0v) is 11.9. The summed E-state index contributed by atoms with van der Waals surface area (Å²) < 4.78 is 5.74. The molecule has 0 bridgehead atoms. The maximum Gasteiger partial charge on any atom is 0.246 e. The molecular formula is C15H28N2O2. The van der Waals surface area contributed by atoms with Crippen LogP contribution in [0.3, 0.4) is 0 Å². The molecule has 0 aliphatic heterocycles. The highest BCUT2D eigenvalue weighted by molar-refractivity contribution is 5.77. The quantitative estimate of drug-likeness (QED) is 0.768. The lowest BCUT2D eigenvalue weighted by atomic mass is 9.95. The molecule has 0 heterocycles. The zero-order valence-electron chi connectivity index (χ0n) is 11.9. The molecule has 2 fully saturated rings. The van der Waals surface area contributed by atoms with Crippen molar-refractivity contribution in [3.63, 3.8) is 0 Å². The second-order valence-electron chi connectivity index (χ2n) is 6.05. The second-order valence-corrected chi connectivity index (χ2v) is 6.05. The maximum absolute atomic E-state index is 11.9. The lowest BCUT2D eigenvalue weighted by Crippen LogP contribution is -2.42. The summed E-state index contributed by atoms with van der Waals surface area (Å²) in [5.74, 6) is 0.0309. The number of carbonyl (C=O) groups is 1.